The Kier molecular flexibility index (Phi) is 4.73. The Morgan fingerprint density at radius 2 is 2.33 bits per heavy atom. The predicted octanol–water partition coefficient (Wildman–Crippen LogP) is -0.160. The number of nitrogens with one attached hydrogen (secondary N) is 1. The van der Waals surface area contributed by atoms with E-state index in [0.717, 1.165) is 0 Å². The minimum Gasteiger partial charge on any atom is -0.481 e. The summed E-state index contributed by atoms with van der Waals surface area (Å²) in [7, 11) is 1.64. The van der Waals surface area contributed by atoms with Crippen LogP contribution in [0, 0.1) is 6.92 Å². The van der Waals surface area contributed by atoms with Crippen molar-refractivity contribution >= 4 is 12.0 Å². The molecular formula is C12H19N5O4. The van der Waals surface area contributed by atoms with Crippen molar-refractivity contribution in [2.24, 2.45) is 0 Å². The first-order chi connectivity index (χ1) is 9.97. The van der Waals surface area contributed by atoms with Crippen molar-refractivity contribution in [2.45, 2.75) is 25.9 Å². The van der Waals surface area contributed by atoms with Gasteiger partial charge in [-0.25, -0.2) is 9.78 Å². The molecule has 116 valence electrons. The molecule has 0 bridgehead atoms. The van der Waals surface area contributed by atoms with Gasteiger partial charge in [0.25, 0.3) is 0 Å². The first kappa shape index (κ1) is 15.2. The lowest BCUT2D eigenvalue weighted by Gasteiger charge is -2.37. The molecule has 2 heterocycles. The number of carboxylic acid groups (broad SMARTS) is 1. The Labute approximate surface area is 121 Å². The fourth-order valence-electron chi connectivity index (χ4n) is 2.24. The number of H-pyrrole nitrogens is 1. The number of carbonyl (C=O) groups is 2. The molecule has 1 aromatic heterocycles. The number of carbonyl (C=O) groups excluding carboxylic acids is 1. The number of aromatic amines is 1. The molecule has 0 radical (unpaired) electrons. The van der Waals surface area contributed by atoms with Gasteiger partial charge in [-0.15, -0.1) is 0 Å². The van der Waals surface area contributed by atoms with Crippen LogP contribution in [-0.2, 0) is 16.1 Å². The van der Waals surface area contributed by atoms with Crippen molar-refractivity contribution in [2.75, 3.05) is 26.8 Å². The molecule has 1 aliphatic rings. The third kappa shape index (κ3) is 3.91. The average Bonchev–Trinajstić information content (AvgIpc) is 2.83. The van der Waals surface area contributed by atoms with Gasteiger partial charge >= 0.3 is 12.0 Å². The van der Waals surface area contributed by atoms with Gasteiger partial charge < -0.3 is 19.6 Å². The lowest BCUT2D eigenvalue weighted by atomic mass is 10.1. The van der Waals surface area contributed by atoms with Gasteiger partial charge in [0, 0.05) is 13.6 Å². The lowest BCUT2D eigenvalue weighted by molar-refractivity contribution is -0.139. The number of hydrogen-bond acceptors (Lipinski definition) is 5. The molecule has 1 saturated heterocycles. The molecule has 9 heteroatoms. The van der Waals surface area contributed by atoms with E-state index in [-0.39, 0.29) is 25.6 Å². The fraction of sp³-hybridized carbons (Fsp3) is 0.667. The van der Waals surface area contributed by atoms with Gasteiger partial charge in [-0.1, -0.05) is 0 Å². The van der Waals surface area contributed by atoms with E-state index in [2.05, 4.69) is 15.2 Å². The summed E-state index contributed by atoms with van der Waals surface area (Å²) in [5, 5.41) is 15.6. The number of carboxylic acids is 1. The Morgan fingerprint density at radius 3 is 2.95 bits per heavy atom. The zero-order valence-electron chi connectivity index (χ0n) is 12.1. The van der Waals surface area contributed by atoms with E-state index in [9.17, 15) is 9.59 Å². The second-order valence-corrected chi connectivity index (χ2v) is 5.00. The normalized spacial score (nSPS) is 18.6. The van der Waals surface area contributed by atoms with E-state index in [1.165, 1.54) is 9.80 Å². The number of aliphatic carboxylic acids is 1. The number of hydrogen-bond donors (Lipinski definition) is 2. The van der Waals surface area contributed by atoms with E-state index >= 15 is 0 Å². The van der Waals surface area contributed by atoms with Crippen LogP contribution >= 0.6 is 0 Å². The highest BCUT2D eigenvalue weighted by atomic mass is 16.5. The number of morpholine rings is 1. The van der Waals surface area contributed by atoms with E-state index in [1.807, 2.05) is 0 Å². The topological polar surface area (TPSA) is 112 Å². The summed E-state index contributed by atoms with van der Waals surface area (Å²) in [6.45, 7) is 3.08. The molecule has 9 nitrogen and oxygen atoms in total. The van der Waals surface area contributed by atoms with Crippen molar-refractivity contribution in [3.8, 4) is 0 Å². The monoisotopic (exact) mass is 297 g/mol. The Bertz CT molecular complexity index is 518. The first-order valence-corrected chi connectivity index (χ1v) is 6.66. The third-order valence-electron chi connectivity index (χ3n) is 3.23. The molecule has 1 atom stereocenters. The fourth-order valence-corrected chi connectivity index (χ4v) is 2.24. The average molecular weight is 297 g/mol. The van der Waals surface area contributed by atoms with Gasteiger partial charge in [-0.2, -0.15) is 5.10 Å². The van der Waals surface area contributed by atoms with Gasteiger partial charge in [-0.05, 0) is 6.92 Å². The maximum atomic E-state index is 12.4. The minimum absolute atomic E-state index is 0.126. The summed E-state index contributed by atoms with van der Waals surface area (Å²) < 4.78 is 5.26. The summed E-state index contributed by atoms with van der Waals surface area (Å²) in [5.74, 6) is 0.253. The number of nitrogens with zero attached hydrogens (tertiary/aromatic N) is 4. The first-order valence-electron chi connectivity index (χ1n) is 6.66. The molecule has 1 fully saturated rings. The maximum Gasteiger partial charge on any atom is 0.320 e. The molecule has 0 aromatic carbocycles. The summed E-state index contributed by atoms with van der Waals surface area (Å²) in [6.07, 6.45) is -0.126. The second kappa shape index (κ2) is 6.53. The van der Waals surface area contributed by atoms with E-state index < -0.39 is 12.0 Å². The highest BCUT2D eigenvalue weighted by molar-refractivity contribution is 5.76. The predicted molar refractivity (Wildman–Crippen MR) is 71.5 cm³/mol. The molecule has 0 aliphatic carbocycles. The summed E-state index contributed by atoms with van der Waals surface area (Å²) in [5.41, 5.74) is 0. The van der Waals surface area contributed by atoms with Gasteiger partial charge in [0.15, 0.2) is 5.82 Å². The Balaban J connectivity index is 2.00. The molecule has 0 saturated carbocycles. The zero-order valence-corrected chi connectivity index (χ0v) is 12.1. The number of rotatable bonds is 4. The quantitative estimate of drug-likeness (QED) is 0.798. The summed E-state index contributed by atoms with van der Waals surface area (Å²) in [6, 6.07) is -0.688. The number of urea groups is 1. The lowest BCUT2D eigenvalue weighted by Crippen LogP contribution is -2.53. The van der Waals surface area contributed by atoms with Gasteiger partial charge in [0.2, 0.25) is 0 Å². The highest BCUT2D eigenvalue weighted by Crippen LogP contribution is 2.14. The van der Waals surface area contributed by atoms with E-state index in [1.54, 1.807) is 14.0 Å². The van der Waals surface area contributed by atoms with Crippen LogP contribution < -0.4 is 0 Å². The number of aryl methyl sites for hydroxylation is 1. The molecule has 0 spiro atoms. The summed E-state index contributed by atoms with van der Waals surface area (Å²) in [4.78, 5) is 30.5. The van der Waals surface area contributed by atoms with Crippen molar-refractivity contribution in [1.82, 2.24) is 25.0 Å². The Hall–Kier alpha value is -2.16. The molecule has 1 unspecified atom stereocenters. The maximum absolute atomic E-state index is 12.4. The number of ether oxygens (including phenoxy) is 1. The van der Waals surface area contributed by atoms with Crippen LogP contribution in [0.15, 0.2) is 0 Å². The standard InChI is InChI=1S/C12H19N5O4/c1-8-13-10(15-14-8)6-16(2)12(20)17-3-4-21-7-9(17)5-11(18)19/h9H,3-7H2,1-2H3,(H,18,19)(H,13,14,15). The van der Waals surface area contributed by atoms with Crippen molar-refractivity contribution in [1.29, 1.82) is 0 Å². The smallest absolute Gasteiger partial charge is 0.320 e. The van der Waals surface area contributed by atoms with Crippen LogP contribution in [0.3, 0.4) is 0 Å². The van der Waals surface area contributed by atoms with Crippen LogP contribution in [0.25, 0.3) is 0 Å². The largest absolute Gasteiger partial charge is 0.481 e. The molecular weight excluding hydrogens is 278 g/mol. The summed E-state index contributed by atoms with van der Waals surface area (Å²) >= 11 is 0. The minimum atomic E-state index is -0.949. The molecule has 1 aliphatic heterocycles. The van der Waals surface area contributed by atoms with Gasteiger partial charge in [0.1, 0.15) is 5.82 Å². The van der Waals surface area contributed by atoms with Crippen LogP contribution in [0.5, 0.6) is 0 Å². The van der Waals surface area contributed by atoms with Crippen molar-refractivity contribution < 1.29 is 19.4 Å². The molecule has 1 aromatic rings. The van der Waals surface area contributed by atoms with Crippen LogP contribution in [0.2, 0.25) is 0 Å². The van der Waals surface area contributed by atoms with Crippen LogP contribution in [-0.4, -0.2) is 74.9 Å². The van der Waals surface area contributed by atoms with Crippen LogP contribution in [0.1, 0.15) is 18.1 Å². The zero-order chi connectivity index (χ0) is 15.4. The molecule has 2 rings (SSSR count). The van der Waals surface area contributed by atoms with E-state index in [4.69, 9.17) is 9.84 Å². The van der Waals surface area contributed by atoms with Crippen LogP contribution in [0.4, 0.5) is 4.79 Å². The number of aromatic nitrogens is 3. The number of amides is 2. The van der Waals surface area contributed by atoms with Crippen molar-refractivity contribution in [3.63, 3.8) is 0 Å². The molecule has 2 amide bonds. The van der Waals surface area contributed by atoms with Gasteiger partial charge in [-0.3, -0.25) is 9.89 Å². The van der Waals surface area contributed by atoms with E-state index in [0.29, 0.717) is 24.8 Å². The highest BCUT2D eigenvalue weighted by Gasteiger charge is 2.31. The van der Waals surface area contributed by atoms with Gasteiger partial charge in [0.05, 0.1) is 32.2 Å². The Morgan fingerprint density at radius 1 is 1.57 bits per heavy atom. The molecule has 21 heavy (non-hydrogen) atoms. The molecule has 2 N–H and O–H groups in total. The third-order valence-corrected chi connectivity index (χ3v) is 3.23. The van der Waals surface area contributed by atoms with Crippen molar-refractivity contribution in [3.05, 3.63) is 11.6 Å². The SMILES string of the molecule is Cc1nc(CN(C)C(=O)N2CCOCC2CC(=O)O)n[nH]1. The second-order valence-electron chi connectivity index (χ2n) is 5.00.